The van der Waals surface area contributed by atoms with Crippen LogP contribution in [0.4, 0.5) is 4.79 Å². The first-order valence-corrected chi connectivity index (χ1v) is 8.06. The lowest BCUT2D eigenvalue weighted by Gasteiger charge is -2.40. The minimum absolute atomic E-state index is 0.140. The minimum Gasteiger partial charge on any atom is -0.444 e. The fourth-order valence-corrected chi connectivity index (χ4v) is 3.63. The number of amides is 1. The minimum atomic E-state index is -0.418. The number of hydrogen-bond acceptors (Lipinski definition) is 4. The molecule has 2 rings (SSSR count). The summed E-state index contributed by atoms with van der Waals surface area (Å²) in [7, 11) is 1.73. The van der Waals surface area contributed by atoms with Crippen LogP contribution in [0.25, 0.3) is 0 Å². The molecule has 2 aliphatic heterocycles. The average Bonchev–Trinajstić information content (AvgIpc) is 2.60. The Kier molecular flexibility index (Phi) is 5.15. The van der Waals surface area contributed by atoms with Gasteiger partial charge in [0.2, 0.25) is 0 Å². The maximum Gasteiger partial charge on any atom is 0.410 e. The van der Waals surface area contributed by atoms with E-state index in [0.717, 1.165) is 32.3 Å². The first-order chi connectivity index (χ1) is 9.80. The normalized spacial score (nSPS) is 30.3. The summed E-state index contributed by atoms with van der Waals surface area (Å²) in [6.45, 7) is 8.64. The molecule has 2 heterocycles. The Bertz CT molecular complexity index is 353. The summed E-state index contributed by atoms with van der Waals surface area (Å²) in [6.07, 6.45) is 4.09. The molecule has 5 nitrogen and oxygen atoms in total. The Morgan fingerprint density at radius 1 is 1.29 bits per heavy atom. The van der Waals surface area contributed by atoms with Gasteiger partial charge in [0, 0.05) is 31.3 Å². The van der Waals surface area contributed by atoms with Crippen LogP contribution in [-0.4, -0.2) is 54.5 Å². The lowest BCUT2D eigenvalue weighted by molar-refractivity contribution is 0.00388. The Morgan fingerprint density at radius 2 is 1.86 bits per heavy atom. The molecule has 2 fully saturated rings. The Labute approximate surface area is 128 Å². The third-order valence-corrected chi connectivity index (χ3v) is 4.27. The van der Waals surface area contributed by atoms with Crippen molar-refractivity contribution in [3.63, 3.8) is 0 Å². The monoisotopic (exact) mass is 298 g/mol. The van der Waals surface area contributed by atoms with Gasteiger partial charge in [-0.25, -0.2) is 4.79 Å². The summed E-state index contributed by atoms with van der Waals surface area (Å²) < 4.78 is 10.7. The fourth-order valence-electron chi connectivity index (χ4n) is 3.63. The largest absolute Gasteiger partial charge is 0.444 e. The molecule has 3 atom stereocenters. The highest BCUT2D eigenvalue weighted by Gasteiger charge is 2.44. The number of rotatable bonds is 4. The maximum atomic E-state index is 12.4. The van der Waals surface area contributed by atoms with Crippen molar-refractivity contribution in [1.29, 1.82) is 0 Å². The second kappa shape index (κ2) is 6.53. The van der Waals surface area contributed by atoms with Crippen LogP contribution in [0.3, 0.4) is 0 Å². The topological polar surface area (TPSA) is 50.8 Å². The van der Waals surface area contributed by atoms with E-state index in [1.54, 1.807) is 7.11 Å². The summed E-state index contributed by atoms with van der Waals surface area (Å²) in [4.78, 5) is 14.4. The number of ether oxygens (including phenoxy) is 2. The molecule has 0 aromatic heterocycles. The van der Waals surface area contributed by atoms with E-state index in [4.69, 9.17) is 9.47 Å². The van der Waals surface area contributed by atoms with Crippen LogP contribution in [-0.2, 0) is 9.47 Å². The SMILES string of the molecule is COCC(C)NC1CC2CCC(C1)N2C(=O)OC(C)(C)C. The molecule has 0 spiro atoms. The van der Waals surface area contributed by atoms with Crippen LogP contribution in [0.15, 0.2) is 0 Å². The van der Waals surface area contributed by atoms with E-state index in [-0.39, 0.29) is 6.09 Å². The van der Waals surface area contributed by atoms with Gasteiger partial charge in [0.15, 0.2) is 0 Å². The van der Waals surface area contributed by atoms with Crippen LogP contribution in [0, 0.1) is 0 Å². The van der Waals surface area contributed by atoms with E-state index < -0.39 is 5.60 Å². The number of carbonyl (C=O) groups excluding carboxylic acids is 1. The summed E-state index contributed by atoms with van der Waals surface area (Å²) >= 11 is 0. The number of nitrogens with zero attached hydrogens (tertiary/aromatic N) is 1. The van der Waals surface area contributed by atoms with Gasteiger partial charge in [-0.2, -0.15) is 0 Å². The summed E-state index contributed by atoms with van der Waals surface area (Å²) in [5, 5.41) is 3.62. The molecule has 1 amide bonds. The van der Waals surface area contributed by atoms with Crippen molar-refractivity contribution in [3.05, 3.63) is 0 Å². The highest BCUT2D eigenvalue weighted by molar-refractivity contribution is 5.69. The van der Waals surface area contributed by atoms with Crippen molar-refractivity contribution >= 4 is 6.09 Å². The zero-order valence-corrected chi connectivity index (χ0v) is 14.0. The molecular weight excluding hydrogens is 268 g/mol. The molecule has 3 unspecified atom stereocenters. The zero-order valence-electron chi connectivity index (χ0n) is 14.0. The number of carbonyl (C=O) groups is 1. The van der Waals surface area contributed by atoms with Gasteiger partial charge >= 0.3 is 6.09 Å². The standard InChI is InChI=1S/C16H30N2O3/c1-11(10-20-5)17-12-8-13-6-7-14(9-12)18(13)15(19)21-16(2,3)4/h11-14,17H,6-10H2,1-5H3. The Hall–Kier alpha value is -0.810. The van der Waals surface area contributed by atoms with Crippen LogP contribution in [0.1, 0.15) is 53.4 Å². The first kappa shape index (κ1) is 16.6. The molecule has 2 bridgehead atoms. The van der Waals surface area contributed by atoms with Gasteiger partial charge in [-0.1, -0.05) is 0 Å². The van der Waals surface area contributed by atoms with Crippen LogP contribution in [0.2, 0.25) is 0 Å². The van der Waals surface area contributed by atoms with Crippen LogP contribution >= 0.6 is 0 Å². The van der Waals surface area contributed by atoms with Crippen molar-refractivity contribution in [3.8, 4) is 0 Å². The molecule has 1 N–H and O–H groups in total. The highest BCUT2D eigenvalue weighted by Crippen LogP contribution is 2.36. The predicted molar refractivity (Wildman–Crippen MR) is 82.4 cm³/mol. The summed E-state index contributed by atoms with van der Waals surface area (Å²) in [6, 6.07) is 1.48. The first-order valence-electron chi connectivity index (χ1n) is 8.06. The molecule has 0 radical (unpaired) electrons. The molecule has 122 valence electrons. The van der Waals surface area contributed by atoms with Crippen molar-refractivity contribution in [1.82, 2.24) is 10.2 Å². The van der Waals surface area contributed by atoms with E-state index in [1.165, 1.54) is 0 Å². The number of hydrogen-bond donors (Lipinski definition) is 1. The van der Waals surface area contributed by atoms with Crippen molar-refractivity contribution in [2.45, 2.75) is 83.1 Å². The highest BCUT2D eigenvalue weighted by atomic mass is 16.6. The third-order valence-electron chi connectivity index (χ3n) is 4.27. The number of methoxy groups -OCH3 is 1. The van der Waals surface area contributed by atoms with E-state index in [0.29, 0.717) is 24.2 Å². The molecular formula is C16H30N2O3. The van der Waals surface area contributed by atoms with Crippen molar-refractivity contribution in [2.75, 3.05) is 13.7 Å². The average molecular weight is 298 g/mol. The van der Waals surface area contributed by atoms with Crippen molar-refractivity contribution < 1.29 is 14.3 Å². The summed E-state index contributed by atoms with van der Waals surface area (Å²) in [5.41, 5.74) is -0.418. The van der Waals surface area contributed by atoms with Crippen LogP contribution < -0.4 is 5.32 Å². The number of nitrogens with one attached hydrogen (secondary N) is 1. The molecule has 0 saturated carbocycles. The molecule has 2 saturated heterocycles. The van der Waals surface area contributed by atoms with Crippen LogP contribution in [0.5, 0.6) is 0 Å². The van der Waals surface area contributed by atoms with Crippen molar-refractivity contribution in [2.24, 2.45) is 0 Å². The summed E-state index contributed by atoms with van der Waals surface area (Å²) in [5.74, 6) is 0. The number of piperidine rings is 1. The van der Waals surface area contributed by atoms with E-state index >= 15 is 0 Å². The van der Waals surface area contributed by atoms with E-state index in [9.17, 15) is 4.79 Å². The van der Waals surface area contributed by atoms with Gasteiger partial charge < -0.3 is 19.7 Å². The predicted octanol–water partition coefficient (Wildman–Crippen LogP) is 2.54. The molecule has 0 aromatic rings. The molecule has 0 aliphatic carbocycles. The fraction of sp³-hybridized carbons (Fsp3) is 0.938. The van der Waals surface area contributed by atoms with Gasteiger partial charge in [0.25, 0.3) is 0 Å². The smallest absolute Gasteiger partial charge is 0.410 e. The van der Waals surface area contributed by atoms with E-state index in [1.807, 2.05) is 25.7 Å². The number of fused-ring (bicyclic) bond motifs is 2. The Morgan fingerprint density at radius 3 is 2.33 bits per heavy atom. The molecule has 21 heavy (non-hydrogen) atoms. The van der Waals surface area contributed by atoms with Gasteiger partial charge in [-0.15, -0.1) is 0 Å². The third kappa shape index (κ3) is 4.33. The quantitative estimate of drug-likeness (QED) is 0.866. The lowest BCUT2D eigenvalue weighted by Crippen LogP contribution is -2.54. The molecule has 0 aromatic carbocycles. The molecule has 5 heteroatoms. The second-order valence-corrected chi connectivity index (χ2v) is 7.46. The van der Waals surface area contributed by atoms with Gasteiger partial charge in [0.05, 0.1) is 6.61 Å². The van der Waals surface area contributed by atoms with Gasteiger partial charge in [-0.05, 0) is 53.4 Å². The zero-order chi connectivity index (χ0) is 15.6. The van der Waals surface area contributed by atoms with Gasteiger partial charge in [-0.3, -0.25) is 0 Å². The Balaban J connectivity index is 1.91. The van der Waals surface area contributed by atoms with E-state index in [2.05, 4.69) is 12.2 Å². The van der Waals surface area contributed by atoms with Gasteiger partial charge in [0.1, 0.15) is 5.60 Å². The second-order valence-electron chi connectivity index (χ2n) is 7.46. The maximum absolute atomic E-state index is 12.4. The molecule has 2 aliphatic rings. The lowest BCUT2D eigenvalue weighted by atomic mass is 9.97.